The Morgan fingerprint density at radius 2 is 1.79 bits per heavy atom. The molecule has 0 fully saturated rings. The van der Waals surface area contributed by atoms with Crippen LogP contribution in [-0.4, -0.2) is 39.5 Å². The van der Waals surface area contributed by atoms with Crippen molar-refractivity contribution >= 4 is 5.97 Å². The van der Waals surface area contributed by atoms with Gasteiger partial charge in [0.1, 0.15) is 6.61 Å². The fourth-order valence-electron chi connectivity index (χ4n) is 0.851. The topological polar surface area (TPSA) is 44.8 Å². The van der Waals surface area contributed by atoms with Gasteiger partial charge in [-0.2, -0.15) is 0 Å². The Bertz CT molecular complexity index is 145. The molecule has 84 valence electrons. The van der Waals surface area contributed by atoms with Gasteiger partial charge in [0.25, 0.3) is 0 Å². The summed E-state index contributed by atoms with van der Waals surface area (Å²) in [5, 5.41) is 0. The zero-order chi connectivity index (χ0) is 10.8. The fourth-order valence-corrected chi connectivity index (χ4v) is 0.851. The molecule has 0 bridgehead atoms. The minimum absolute atomic E-state index is 0.157. The van der Waals surface area contributed by atoms with Gasteiger partial charge in [-0.3, -0.25) is 4.79 Å². The Morgan fingerprint density at radius 1 is 1.14 bits per heavy atom. The highest BCUT2D eigenvalue weighted by molar-refractivity contribution is 5.69. The first kappa shape index (κ1) is 13.4. The highest BCUT2D eigenvalue weighted by Gasteiger charge is 2.04. The van der Waals surface area contributed by atoms with Crippen molar-refractivity contribution in [1.82, 2.24) is 0 Å². The molecule has 0 rings (SSSR count). The van der Waals surface area contributed by atoms with Crippen molar-refractivity contribution in [3.8, 4) is 0 Å². The van der Waals surface area contributed by atoms with Gasteiger partial charge in [0.15, 0.2) is 0 Å². The van der Waals surface area contributed by atoms with Crippen LogP contribution in [0.25, 0.3) is 0 Å². The molecule has 0 unspecified atom stereocenters. The SMILES string of the molecule is COCCOCCOC(=O)CC(C)C. The normalized spacial score (nSPS) is 10.6. The molecule has 0 N–H and O–H groups in total. The van der Waals surface area contributed by atoms with Crippen LogP contribution in [-0.2, 0) is 19.0 Å². The van der Waals surface area contributed by atoms with Gasteiger partial charge in [-0.1, -0.05) is 13.8 Å². The number of carbonyl (C=O) groups is 1. The van der Waals surface area contributed by atoms with Crippen molar-refractivity contribution in [2.45, 2.75) is 20.3 Å². The first-order chi connectivity index (χ1) is 6.66. The molecule has 0 aliphatic heterocycles. The number of ether oxygens (including phenoxy) is 3. The predicted octanol–water partition coefficient (Wildman–Crippen LogP) is 1.24. The third-order valence-corrected chi connectivity index (χ3v) is 1.50. The summed E-state index contributed by atoms with van der Waals surface area (Å²) in [6.07, 6.45) is 0.470. The van der Waals surface area contributed by atoms with Gasteiger partial charge >= 0.3 is 5.97 Å². The number of methoxy groups -OCH3 is 1. The summed E-state index contributed by atoms with van der Waals surface area (Å²) in [5.74, 6) is 0.187. The van der Waals surface area contributed by atoms with E-state index in [-0.39, 0.29) is 5.97 Å². The van der Waals surface area contributed by atoms with Crippen LogP contribution in [0.4, 0.5) is 0 Å². The molecule has 0 heterocycles. The molecule has 0 aliphatic carbocycles. The average molecular weight is 204 g/mol. The smallest absolute Gasteiger partial charge is 0.306 e. The highest BCUT2D eigenvalue weighted by atomic mass is 16.6. The number of esters is 1. The van der Waals surface area contributed by atoms with E-state index in [1.54, 1.807) is 7.11 Å². The Labute approximate surface area is 85.5 Å². The summed E-state index contributed by atoms with van der Waals surface area (Å²) in [4.78, 5) is 11.0. The minimum atomic E-state index is -0.157. The zero-order valence-electron chi connectivity index (χ0n) is 9.25. The van der Waals surface area contributed by atoms with Gasteiger partial charge in [-0.25, -0.2) is 0 Å². The van der Waals surface area contributed by atoms with E-state index in [0.29, 0.717) is 38.8 Å². The van der Waals surface area contributed by atoms with Crippen LogP contribution in [0.15, 0.2) is 0 Å². The summed E-state index contributed by atoms with van der Waals surface area (Å²) in [6.45, 7) is 5.84. The molecule has 0 aromatic rings. The van der Waals surface area contributed by atoms with Crippen molar-refractivity contribution in [3.05, 3.63) is 0 Å². The second-order valence-electron chi connectivity index (χ2n) is 3.42. The standard InChI is InChI=1S/C10H20O4/c1-9(2)8-10(11)14-7-6-13-5-4-12-3/h9H,4-8H2,1-3H3. The maximum Gasteiger partial charge on any atom is 0.306 e. The van der Waals surface area contributed by atoms with Crippen molar-refractivity contribution < 1.29 is 19.0 Å². The zero-order valence-corrected chi connectivity index (χ0v) is 9.25. The lowest BCUT2D eigenvalue weighted by Gasteiger charge is -2.06. The molecule has 0 aromatic heterocycles. The first-order valence-electron chi connectivity index (χ1n) is 4.89. The van der Waals surface area contributed by atoms with Crippen LogP contribution in [0, 0.1) is 5.92 Å². The highest BCUT2D eigenvalue weighted by Crippen LogP contribution is 2.00. The minimum Gasteiger partial charge on any atom is -0.463 e. The molecule has 0 aromatic carbocycles. The van der Waals surface area contributed by atoms with Crippen LogP contribution in [0.5, 0.6) is 0 Å². The van der Waals surface area contributed by atoms with E-state index in [9.17, 15) is 4.79 Å². The van der Waals surface area contributed by atoms with Crippen LogP contribution in [0.1, 0.15) is 20.3 Å². The summed E-state index contributed by atoms with van der Waals surface area (Å²) in [5.41, 5.74) is 0. The van der Waals surface area contributed by atoms with E-state index < -0.39 is 0 Å². The van der Waals surface area contributed by atoms with E-state index in [1.807, 2.05) is 13.8 Å². The summed E-state index contributed by atoms with van der Waals surface area (Å²) in [7, 11) is 1.62. The second kappa shape index (κ2) is 8.97. The molecule has 0 saturated heterocycles. The second-order valence-corrected chi connectivity index (χ2v) is 3.42. The largest absolute Gasteiger partial charge is 0.463 e. The third-order valence-electron chi connectivity index (χ3n) is 1.50. The molecule has 4 heteroatoms. The van der Waals surface area contributed by atoms with Crippen LogP contribution in [0.2, 0.25) is 0 Å². The van der Waals surface area contributed by atoms with E-state index in [0.717, 1.165) is 0 Å². The van der Waals surface area contributed by atoms with E-state index in [2.05, 4.69) is 0 Å². The number of rotatable bonds is 8. The van der Waals surface area contributed by atoms with Crippen LogP contribution < -0.4 is 0 Å². The molecule has 4 nitrogen and oxygen atoms in total. The lowest BCUT2D eigenvalue weighted by Crippen LogP contribution is -2.13. The van der Waals surface area contributed by atoms with Crippen molar-refractivity contribution in [1.29, 1.82) is 0 Å². The molecule has 0 spiro atoms. The van der Waals surface area contributed by atoms with Crippen molar-refractivity contribution in [3.63, 3.8) is 0 Å². The van der Waals surface area contributed by atoms with Crippen molar-refractivity contribution in [2.75, 3.05) is 33.5 Å². The van der Waals surface area contributed by atoms with Gasteiger partial charge in [-0.15, -0.1) is 0 Å². The average Bonchev–Trinajstić information content (AvgIpc) is 2.10. The Hall–Kier alpha value is -0.610. The summed E-state index contributed by atoms with van der Waals surface area (Å²) < 4.78 is 14.8. The number of hydrogen-bond acceptors (Lipinski definition) is 4. The lowest BCUT2D eigenvalue weighted by atomic mass is 10.1. The number of carbonyl (C=O) groups excluding carboxylic acids is 1. The maximum absolute atomic E-state index is 11.0. The number of hydrogen-bond donors (Lipinski definition) is 0. The van der Waals surface area contributed by atoms with Gasteiger partial charge < -0.3 is 14.2 Å². The van der Waals surface area contributed by atoms with E-state index in [1.165, 1.54) is 0 Å². The summed E-state index contributed by atoms with van der Waals surface area (Å²) >= 11 is 0. The van der Waals surface area contributed by atoms with Crippen LogP contribution in [0.3, 0.4) is 0 Å². The monoisotopic (exact) mass is 204 g/mol. The molecule has 0 atom stereocenters. The van der Waals surface area contributed by atoms with Crippen molar-refractivity contribution in [2.24, 2.45) is 5.92 Å². The van der Waals surface area contributed by atoms with E-state index in [4.69, 9.17) is 14.2 Å². The quantitative estimate of drug-likeness (QED) is 0.441. The molecular formula is C10H20O4. The maximum atomic E-state index is 11.0. The molecular weight excluding hydrogens is 184 g/mol. The Kier molecular flexibility index (Phi) is 8.57. The molecule has 0 amide bonds. The van der Waals surface area contributed by atoms with Crippen LogP contribution >= 0.6 is 0 Å². The fraction of sp³-hybridized carbons (Fsp3) is 0.900. The predicted molar refractivity (Wildman–Crippen MR) is 53.1 cm³/mol. The lowest BCUT2D eigenvalue weighted by molar-refractivity contribution is -0.146. The van der Waals surface area contributed by atoms with Gasteiger partial charge in [0, 0.05) is 13.5 Å². The summed E-state index contributed by atoms with van der Waals surface area (Å²) in [6, 6.07) is 0. The molecule has 14 heavy (non-hydrogen) atoms. The van der Waals surface area contributed by atoms with Gasteiger partial charge in [0.2, 0.25) is 0 Å². The Balaban J connectivity index is 3.15. The third kappa shape index (κ3) is 9.48. The molecule has 0 saturated carbocycles. The molecule has 0 radical (unpaired) electrons. The van der Waals surface area contributed by atoms with Gasteiger partial charge in [0.05, 0.1) is 19.8 Å². The van der Waals surface area contributed by atoms with Gasteiger partial charge in [-0.05, 0) is 5.92 Å². The first-order valence-corrected chi connectivity index (χ1v) is 4.89. The Morgan fingerprint density at radius 3 is 2.36 bits per heavy atom. The van der Waals surface area contributed by atoms with E-state index >= 15 is 0 Å². The molecule has 0 aliphatic rings.